The second kappa shape index (κ2) is 15.0. The summed E-state index contributed by atoms with van der Waals surface area (Å²) in [6.45, 7) is 6.23. The third-order valence-electron chi connectivity index (χ3n) is 7.31. The molecular formula is C31H37ClN4O7S. The lowest BCUT2D eigenvalue weighted by Crippen LogP contribution is -2.53. The van der Waals surface area contributed by atoms with E-state index in [1.807, 2.05) is 44.2 Å². The Morgan fingerprint density at radius 1 is 1.07 bits per heavy atom. The first-order chi connectivity index (χ1) is 20.8. The van der Waals surface area contributed by atoms with E-state index in [0.29, 0.717) is 12.8 Å². The monoisotopic (exact) mass is 644 g/mol. The average Bonchev–Trinajstić information content (AvgIpc) is 3.00. The lowest BCUT2D eigenvalue weighted by atomic mass is 10.1. The van der Waals surface area contributed by atoms with Crippen LogP contribution in [0.4, 0.5) is 11.4 Å². The molecule has 0 aliphatic heterocycles. The van der Waals surface area contributed by atoms with Gasteiger partial charge in [0.2, 0.25) is 11.8 Å². The number of nitro benzene ring substituents is 1. The van der Waals surface area contributed by atoms with E-state index >= 15 is 0 Å². The molecule has 236 valence electrons. The lowest BCUT2D eigenvalue weighted by molar-refractivity contribution is -0.385. The van der Waals surface area contributed by atoms with Crippen molar-refractivity contribution >= 4 is 44.8 Å². The van der Waals surface area contributed by atoms with Gasteiger partial charge in [0.05, 0.1) is 22.6 Å². The zero-order valence-electron chi connectivity index (χ0n) is 25.3. The van der Waals surface area contributed by atoms with Crippen molar-refractivity contribution in [3.8, 4) is 5.75 Å². The van der Waals surface area contributed by atoms with Crippen LogP contribution in [-0.4, -0.2) is 62.3 Å². The quantitative estimate of drug-likeness (QED) is 0.189. The third-order valence-corrected chi connectivity index (χ3v) is 9.30. The molecule has 2 amide bonds. The van der Waals surface area contributed by atoms with Gasteiger partial charge in [-0.1, -0.05) is 54.9 Å². The molecule has 0 aliphatic carbocycles. The number of hydrogen-bond acceptors (Lipinski definition) is 7. The molecule has 3 aromatic rings. The number of anilines is 1. The van der Waals surface area contributed by atoms with Crippen molar-refractivity contribution in [2.24, 2.45) is 0 Å². The van der Waals surface area contributed by atoms with E-state index in [1.165, 1.54) is 49.3 Å². The number of hydrogen-bond donors (Lipinski definition) is 1. The molecular weight excluding hydrogens is 608 g/mol. The van der Waals surface area contributed by atoms with Crippen LogP contribution in [0.5, 0.6) is 5.75 Å². The second-order valence-corrected chi connectivity index (χ2v) is 12.6. The summed E-state index contributed by atoms with van der Waals surface area (Å²) < 4.78 is 34.6. The number of carbonyl (C=O) groups excluding carboxylic acids is 2. The van der Waals surface area contributed by atoms with Crippen LogP contribution in [0.15, 0.2) is 71.6 Å². The number of nitrogens with one attached hydrogen (secondary N) is 1. The van der Waals surface area contributed by atoms with Gasteiger partial charge >= 0.3 is 0 Å². The fourth-order valence-corrected chi connectivity index (χ4v) is 6.08. The Balaban J connectivity index is 2.11. The van der Waals surface area contributed by atoms with Crippen molar-refractivity contribution in [2.75, 3.05) is 24.5 Å². The van der Waals surface area contributed by atoms with Crippen molar-refractivity contribution in [3.05, 3.63) is 93.0 Å². The normalized spacial score (nSPS) is 12.6. The van der Waals surface area contributed by atoms with Gasteiger partial charge in [-0.15, -0.1) is 0 Å². The number of aryl methyl sites for hydroxylation is 1. The Morgan fingerprint density at radius 3 is 2.36 bits per heavy atom. The Morgan fingerprint density at radius 2 is 1.75 bits per heavy atom. The minimum absolute atomic E-state index is 0.0451. The van der Waals surface area contributed by atoms with Gasteiger partial charge in [0.15, 0.2) is 0 Å². The Hall–Kier alpha value is -4.16. The maximum absolute atomic E-state index is 14.2. The van der Waals surface area contributed by atoms with Crippen LogP contribution < -0.4 is 14.4 Å². The molecule has 2 atom stereocenters. The molecule has 0 spiro atoms. The zero-order chi connectivity index (χ0) is 32.6. The summed E-state index contributed by atoms with van der Waals surface area (Å²) >= 11 is 6.26. The van der Waals surface area contributed by atoms with Crippen LogP contribution in [0, 0.1) is 17.0 Å². The Kier molecular flexibility index (Phi) is 11.7. The minimum Gasteiger partial charge on any atom is -0.495 e. The number of methoxy groups -OCH3 is 1. The van der Waals surface area contributed by atoms with Crippen LogP contribution in [0.2, 0.25) is 5.02 Å². The largest absolute Gasteiger partial charge is 0.495 e. The topological polar surface area (TPSA) is 139 Å². The van der Waals surface area contributed by atoms with Gasteiger partial charge in [-0.2, -0.15) is 0 Å². The molecule has 0 bridgehead atoms. The number of benzene rings is 3. The van der Waals surface area contributed by atoms with Gasteiger partial charge in [-0.25, -0.2) is 8.42 Å². The van der Waals surface area contributed by atoms with Crippen LogP contribution in [0.1, 0.15) is 38.3 Å². The molecule has 0 fully saturated rings. The van der Waals surface area contributed by atoms with Crippen molar-refractivity contribution in [2.45, 2.75) is 57.5 Å². The fourth-order valence-electron chi connectivity index (χ4n) is 4.48. The lowest BCUT2D eigenvalue weighted by Gasteiger charge is -2.32. The van der Waals surface area contributed by atoms with E-state index in [2.05, 4.69) is 5.32 Å². The molecule has 0 unspecified atom stereocenters. The first-order valence-electron chi connectivity index (χ1n) is 14.0. The molecule has 3 rings (SSSR count). The Bertz CT molecular complexity index is 1600. The molecule has 0 saturated heterocycles. The number of rotatable bonds is 14. The molecule has 0 aromatic heterocycles. The summed E-state index contributed by atoms with van der Waals surface area (Å²) in [5.41, 5.74) is 0.754. The maximum Gasteiger partial charge on any atom is 0.273 e. The number of nitro groups is 1. The smallest absolute Gasteiger partial charge is 0.273 e. The maximum atomic E-state index is 14.2. The molecule has 0 radical (unpaired) electrons. The van der Waals surface area contributed by atoms with E-state index in [9.17, 15) is 28.1 Å². The highest BCUT2D eigenvalue weighted by molar-refractivity contribution is 7.92. The van der Waals surface area contributed by atoms with E-state index in [1.54, 1.807) is 6.92 Å². The molecule has 0 saturated carbocycles. The molecule has 1 N–H and O–H groups in total. The standard InChI is InChI=1S/C31H37ClN4O7S/c1-6-22(3)33-31(38)23(4)34(17-16-24-10-8-7-9-11-24)30(37)20-35(28-18-25(32)13-15-29(28)43-5)44(41,42)26-14-12-21(2)27(19-26)36(39)40/h7-15,18-19,22-23H,6,16-17,20H2,1-5H3,(H,33,38)/t22-,23-/m1/s1. The SMILES string of the molecule is CC[C@@H](C)NC(=O)[C@@H](C)N(CCc1ccccc1)C(=O)CN(c1cc(Cl)ccc1OC)S(=O)(=O)c1ccc(C)c([N+](=O)[O-])c1. The van der Waals surface area contributed by atoms with E-state index in [-0.39, 0.29) is 40.5 Å². The summed E-state index contributed by atoms with van der Waals surface area (Å²) in [4.78, 5) is 39.2. The van der Waals surface area contributed by atoms with Gasteiger partial charge in [-0.3, -0.25) is 24.0 Å². The zero-order valence-corrected chi connectivity index (χ0v) is 26.9. The van der Waals surface area contributed by atoms with E-state index < -0.39 is 44.0 Å². The van der Waals surface area contributed by atoms with Crippen LogP contribution in [0.3, 0.4) is 0 Å². The highest BCUT2D eigenvalue weighted by Gasteiger charge is 2.35. The van der Waals surface area contributed by atoms with Crippen molar-refractivity contribution in [1.29, 1.82) is 0 Å². The molecule has 44 heavy (non-hydrogen) atoms. The van der Waals surface area contributed by atoms with Crippen molar-refractivity contribution in [3.63, 3.8) is 0 Å². The van der Waals surface area contributed by atoms with Crippen LogP contribution >= 0.6 is 11.6 Å². The number of amides is 2. The van der Waals surface area contributed by atoms with Gasteiger partial charge in [0.25, 0.3) is 15.7 Å². The third kappa shape index (κ3) is 8.26. The predicted octanol–water partition coefficient (Wildman–Crippen LogP) is 5.14. The predicted molar refractivity (Wildman–Crippen MR) is 170 cm³/mol. The van der Waals surface area contributed by atoms with Gasteiger partial charge < -0.3 is 15.0 Å². The first-order valence-corrected chi connectivity index (χ1v) is 15.9. The first kappa shape index (κ1) is 34.3. The Labute approximate surface area is 263 Å². The molecule has 11 nitrogen and oxygen atoms in total. The summed E-state index contributed by atoms with van der Waals surface area (Å²) in [6.07, 6.45) is 1.09. The van der Waals surface area contributed by atoms with Crippen molar-refractivity contribution in [1.82, 2.24) is 10.2 Å². The van der Waals surface area contributed by atoms with Crippen LogP contribution in [0.25, 0.3) is 0 Å². The average molecular weight is 645 g/mol. The fraction of sp³-hybridized carbons (Fsp3) is 0.355. The number of halogens is 1. The summed E-state index contributed by atoms with van der Waals surface area (Å²) in [5.74, 6) is -0.949. The van der Waals surface area contributed by atoms with Gasteiger partial charge in [0, 0.05) is 29.2 Å². The van der Waals surface area contributed by atoms with E-state index in [4.69, 9.17) is 16.3 Å². The van der Waals surface area contributed by atoms with E-state index in [0.717, 1.165) is 15.9 Å². The highest BCUT2D eigenvalue weighted by atomic mass is 35.5. The van der Waals surface area contributed by atoms with Crippen LogP contribution in [-0.2, 0) is 26.0 Å². The number of ether oxygens (including phenoxy) is 1. The highest BCUT2D eigenvalue weighted by Crippen LogP contribution is 2.36. The molecule has 13 heteroatoms. The summed E-state index contributed by atoms with van der Waals surface area (Å²) in [7, 11) is -3.26. The number of carbonyl (C=O) groups is 2. The summed E-state index contributed by atoms with van der Waals surface area (Å²) in [6, 6.07) is 16.1. The number of sulfonamides is 1. The van der Waals surface area contributed by atoms with Gasteiger partial charge in [0.1, 0.15) is 18.3 Å². The minimum atomic E-state index is -4.60. The van der Waals surface area contributed by atoms with Crippen molar-refractivity contribution < 1.29 is 27.7 Å². The molecule has 0 aliphatic rings. The van der Waals surface area contributed by atoms with Gasteiger partial charge in [-0.05, 0) is 63.4 Å². The number of nitrogens with zero attached hydrogens (tertiary/aromatic N) is 3. The summed E-state index contributed by atoms with van der Waals surface area (Å²) in [5, 5.41) is 14.7. The molecule has 3 aromatic carbocycles. The molecule has 0 heterocycles. The second-order valence-electron chi connectivity index (χ2n) is 10.3.